The van der Waals surface area contributed by atoms with Gasteiger partial charge >= 0.3 is 0 Å². The molecule has 0 fully saturated rings. The van der Waals surface area contributed by atoms with Gasteiger partial charge in [-0.1, -0.05) is 36.4 Å². The van der Waals surface area contributed by atoms with Crippen molar-refractivity contribution in [3.05, 3.63) is 95.4 Å². The Morgan fingerprint density at radius 1 is 1.03 bits per heavy atom. The zero-order valence-electron chi connectivity index (χ0n) is 16.9. The van der Waals surface area contributed by atoms with Crippen LogP contribution >= 0.6 is 11.8 Å². The second kappa shape index (κ2) is 7.82. The fraction of sp³-hybridized carbons (Fsp3) is 0.167. The molecule has 0 unspecified atom stereocenters. The van der Waals surface area contributed by atoms with Gasteiger partial charge in [0.05, 0.1) is 10.9 Å². The number of halogens is 1. The molecule has 0 spiro atoms. The highest BCUT2D eigenvalue weighted by Crippen LogP contribution is 2.41. The highest BCUT2D eigenvalue weighted by molar-refractivity contribution is 7.98. The molecule has 7 heteroatoms. The zero-order chi connectivity index (χ0) is 21.6. The molecule has 4 aromatic rings. The topological polar surface area (TPSA) is 53.2 Å². The molecule has 1 aliphatic heterocycles. The standard InChI is InChI=1S/C24H21FN2O2S2/c1-30-18-11-9-16(10-12-18)24-23-21(20-7-2-3-8-22(20)26-23)13-14-27(24)31(28,29)19-6-4-5-17(25)15-19/h2-12,15,24,26H,13-14H2,1H3/t24-/m1/s1. The minimum atomic E-state index is -3.91. The Hall–Kier alpha value is -2.61. The van der Waals surface area contributed by atoms with Crippen molar-refractivity contribution in [2.24, 2.45) is 0 Å². The van der Waals surface area contributed by atoms with Gasteiger partial charge in [0.25, 0.3) is 0 Å². The van der Waals surface area contributed by atoms with Crippen LogP contribution in [0.25, 0.3) is 10.9 Å². The van der Waals surface area contributed by atoms with Crippen LogP contribution < -0.4 is 0 Å². The zero-order valence-corrected chi connectivity index (χ0v) is 18.5. The molecule has 1 atom stereocenters. The SMILES string of the molecule is CSc1ccc([C@@H]2c3[nH]c4ccccc4c3CCN2S(=O)(=O)c2cccc(F)c2)cc1. The Morgan fingerprint density at radius 3 is 2.55 bits per heavy atom. The van der Waals surface area contributed by atoms with Gasteiger partial charge in [-0.05, 0) is 60.2 Å². The maximum absolute atomic E-state index is 13.9. The van der Waals surface area contributed by atoms with E-state index >= 15 is 0 Å². The Balaban J connectivity index is 1.70. The number of nitrogens with zero attached hydrogens (tertiary/aromatic N) is 1. The first-order chi connectivity index (χ1) is 15.0. The van der Waals surface area contributed by atoms with Crippen molar-refractivity contribution in [3.63, 3.8) is 0 Å². The first kappa shape index (κ1) is 20.3. The lowest BCUT2D eigenvalue weighted by Gasteiger charge is -2.35. The van der Waals surface area contributed by atoms with Crippen molar-refractivity contribution in [2.75, 3.05) is 12.8 Å². The van der Waals surface area contributed by atoms with Crippen LogP contribution in [0.15, 0.2) is 82.6 Å². The van der Waals surface area contributed by atoms with Crippen LogP contribution in [0.4, 0.5) is 4.39 Å². The maximum Gasteiger partial charge on any atom is 0.244 e. The number of benzene rings is 3. The highest BCUT2D eigenvalue weighted by Gasteiger charge is 2.39. The Kier molecular flexibility index (Phi) is 5.12. The summed E-state index contributed by atoms with van der Waals surface area (Å²) in [6.07, 6.45) is 2.60. The number of H-pyrrole nitrogens is 1. The summed E-state index contributed by atoms with van der Waals surface area (Å²) >= 11 is 1.64. The number of aromatic nitrogens is 1. The Labute approximate surface area is 185 Å². The maximum atomic E-state index is 13.9. The lowest BCUT2D eigenvalue weighted by atomic mass is 9.94. The number of fused-ring (bicyclic) bond motifs is 3. The second-order valence-corrected chi connectivity index (χ2v) is 10.3. The van der Waals surface area contributed by atoms with Gasteiger partial charge in [-0.15, -0.1) is 11.8 Å². The van der Waals surface area contributed by atoms with E-state index in [9.17, 15) is 12.8 Å². The normalized spacial score (nSPS) is 17.0. The van der Waals surface area contributed by atoms with Crippen LogP contribution in [0.2, 0.25) is 0 Å². The van der Waals surface area contributed by atoms with Gasteiger partial charge in [0.15, 0.2) is 0 Å². The molecule has 0 amide bonds. The number of para-hydroxylation sites is 1. The molecule has 4 nitrogen and oxygen atoms in total. The first-order valence-electron chi connectivity index (χ1n) is 10.00. The van der Waals surface area contributed by atoms with Crippen LogP contribution in [0.1, 0.15) is 22.9 Å². The molecule has 3 aromatic carbocycles. The fourth-order valence-electron chi connectivity index (χ4n) is 4.36. The molecule has 31 heavy (non-hydrogen) atoms. The van der Waals surface area contributed by atoms with Crippen molar-refractivity contribution in [1.29, 1.82) is 0 Å². The number of rotatable bonds is 4. The van der Waals surface area contributed by atoms with E-state index in [0.29, 0.717) is 13.0 Å². The van der Waals surface area contributed by atoms with Gasteiger partial charge in [-0.3, -0.25) is 0 Å². The molecule has 0 saturated carbocycles. The Morgan fingerprint density at radius 2 is 1.81 bits per heavy atom. The van der Waals surface area contributed by atoms with Gasteiger partial charge in [0.2, 0.25) is 10.0 Å². The summed E-state index contributed by atoms with van der Waals surface area (Å²) in [7, 11) is -3.91. The molecule has 0 bridgehead atoms. The molecule has 0 saturated heterocycles. The fourth-order valence-corrected chi connectivity index (χ4v) is 6.39. The quantitative estimate of drug-likeness (QED) is 0.424. The van der Waals surface area contributed by atoms with E-state index in [2.05, 4.69) is 11.1 Å². The van der Waals surface area contributed by atoms with Crippen molar-refractivity contribution < 1.29 is 12.8 Å². The minimum Gasteiger partial charge on any atom is -0.357 e. The third-order valence-corrected chi connectivity index (χ3v) is 8.43. The molecule has 158 valence electrons. The van der Waals surface area contributed by atoms with Crippen molar-refractivity contribution in [2.45, 2.75) is 22.3 Å². The van der Waals surface area contributed by atoms with Crippen LogP contribution in [0.3, 0.4) is 0 Å². The monoisotopic (exact) mass is 452 g/mol. The number of thioether (sulfide) groups is 1. The smallest absolute Gasteiger partial charge is 0.244 e. The van der Waals surface area contributed by atoms with Crippen molar-refractivity contribution in [1.82, 2.24) is 9.29 Å². The number of hydrogen-bond donors (Lipinski definition) is 1. The highest BCUT2D eigenvalue weighted by atomic mass is 32.2. The lowest BCUT2D eigenvalue weighted by molar-refractivity contribution is 0.340. The summed E-state index contributed by atoms with van der Waals surface area (Å²) in [5.41, 5.74) is 3.89. The average molecular weight is 453 g/mol. The van der Waals surface area contributed by atoms with E-state index in [1.165, 1.54) is 22.5 Å². The minimum absolute atomic E-state index is 0.0298. The summed E-state index contributed by atoms with van der Waals surface area (Å²) in [5.74, 6) is -0.565. The molecule has 5 rings (SSSR count). The predicted molar refractivity (Wildman–Crippen MR) is 122 cm³/mol. The summed E-state index contributed by atoms with van der Waals surface area (Å²) in [6, 6.07) is 20.7. The summed E-state index contributed by atoms with van der Waals surface area (Å²) in [5, 5.41) is 1.12. The van der Waals surface area contributed by atoms with Crippen LogP contribution in [0.5, 0.6) is 0 Å². The lowest BCUT2D eigenvalue weighted by Crippen LogP contribution is -2.40. The number of hydrogen-bond acceptors (Lipinski definition) is 3. The largest absolute Gasteiger partial charge is 0.357 e. The summed E-state index contributed by atoms with van der Waals surface area (Å²) in [6.45, 7) is 0.322. The van der Waals surface area contributed by atoms with E-state index in [1.807, 2.05) is 48.7 Å². The van der Waals surface area contributed by atoms with Gasteiger partial charge < -0.3 is 4.98 Å². The van der Waals surface area contributed by atoms with E-state index in [-0.39, 0.29) is 4.90 Å². The first-order valence-corrected chi connectivity index (χ1v) is 12.7. The van der Waals surface area contributed by atoms with Crippen molar-refractivity contribution >= 4 is 32.7 Å². The number of aromatic amines is 1. The predicted octanol–water partition coefficient (Wildman–Crippen LogP) is 5.37. The molecule has 1 N–H and O–H groups in total. The third kappa shape index (κ3) is 3.46. The summed E-state index contributed by atoms with van der Waals surface area (Å²) < 4.78 is 42.6. The Bertz CT molecular complexity index is 1360. The number of nitrogens with one attached hydrogen (secondary N) is 1. The third-order valence-electron chi connectivity index (χ3n) is 5.82. The molecule has 0 radical (unpaired) electrons. The van der Waals surface area contributed by atoms with Gasteiger partial charge in [-0.2, -0.15) is 4.31 Å². The molecule has 1 aromatic heterocycles. The molecule has 2 heterocycles. The van der Waals surface area contributed by atoms with Gasteiger partial charge in [-0.25, -0.2) is 12.8 Å². The van der Waals surface area contributed by atoms with Gasteiger partial charge in [0.1, 0.15) is 5.82 Å². The van der Waals surface area contributed by atoms with Crippen LogP contribution in [-0.4, -0.2) is 30.5 Å². The van der Waals surface area contributed by atoms with E-state index in [0.717, 1.165) is 38.7 Å². The van der Waals surface area contributed by atoms with Crippen molar-refractivity contribution in [3.8, 4) is 0 Å². The second-order valence-electron chi connectivity index (χ2n) is 7.56. The number of sulfonamides is 1. The van der Waals surface area contributed by atoms with Gasteiger partial charge in [0, 0.05) is 28.0 Å². The van der Waals surface area contributed by atoms with Crippen LogP contribution in [0, 0.1) is 5.82 Å². The summed E-state index contributed by atoms with van der Waals surface area (Å²) in [4.78, 5) is 4.55. The molecule has 1 aliphatic rings. The molecular weight excluding hydrogens is 431 g/mol. The van der Waals surface area contributed by atoms with Crippen LogP contribution in [-0.2, 0) is 16.4 Å². The van der Waals surface area contributed by atoms with E-state index in [4.69, 9.17) is 0 Å². The average Bonchev–Trinajstić information content (AvgIpc) is 3.17. The van der Waals surface area contributed by atoms with E-state index in [1.54, 1.807) is 11.8 Å². The molecular formula is C24H21FN2O2S2. The molecule has 0 aliphatic carbocycles. The van der Waals surface area contributed by atoms with E-state index < -0.39 is 21.9 Å².